The van der Waals surface area contributed by atoms with Gasteiger partial charge in [0.25, 0.3) is 11.6 Å². The first-order valence-corrected chi connectivity index (χ1v) is 8.93. The van der Waals surface area contributed by atoms with Gasteiger partial charge in [0.15, 0.2) is 11.5 Å². The Kier molecular flexibility index (Phi) is 7.42. The summed E-state index contributed by atoms with van der Waals surface area (Å²) in [5, 5.41) is 22.9. The van der Waals surface area contributed by atoms with Gasteiger partial charge < -0.3 is 14.8 Å². The van der Waals surface area contributed by atoms with Crippen LogP contribution in [0.25, 0.3) is 6.08 Å². The number of halogens is 2. The van der Waals surface area contributed by atoms with E-state index in [2.05, 4.69) is 5.32 Å². The molecule has 0 atom stereocenters. The van der Waals surface area contributed by atoms with Gasteiger partial charge in [-0.3, -0.25) is 14.9 Å². The molecule has 0 radical (unpaired) electrons. The third-order valence-electron chi connectivity index (χ3n) is 3.62. The minimum absolute atomic E-state index is 0.0693. The van der Waals surface area contributed by atoms with Crippen molar-refractivity contribution in [3.8, 4) is 17.6 Å². The van der Waals surface area contributed by atoms with Gasteiger partial charge in [-0.2, -0.15) is 5.26 Å². The summed E-state index contributed by atoms with van der Waals surface area (Å²) in [5.74, 6) is -0.0602. The fourth-order valence-corrected chi connectivity index (χ4v) is 2.81. The van der Waals surface area contributed by atoms with Crippen LogP contribution in [-0.4, -0.2) is 24.5 Å². The molecule has 8 nitrogen and oxygen atoms in total. The number of nitrogens with one attached hydrogen (secondary N) is 1. The van der Waals surface area contributed by atoms with Crippen LogP contribution in [0.3, 0.4) is 0 Å². The Bertz CT molecular complexity index is 1030. The minimum Gasteiger partial charge on any atom is -0.493 e. The first kappa shape index (κ1) is 22.0. The van der Waals surface area contributed by atoms with Crippen molar-refractivity contribution < 1.29 is 19.2 Å². The summed E-state index contributed by atoms with van der Waals surface area (Å²) >= 11 is 11.9. The molecule has 0 spiro atoms. The van der Waals surface area contributed by atoms with Crippen LogP contribution in [-0.2, 0) is 4.79 Å². The smallest absolute Gasteiger partial charge is 0.289 e. The molecule has 2 aromatic rings. The molecule has 150 valence electrons. The molecule has 0 aliphatic rings. The summed E-state index contributed by atoms with van der Waals surface area (Å²) < 4.78 is 10.7. The molecule has 0 saturated heterocycles. The maximum Gasteiger partial charge on any atom is 0.289 e. The summed E-state index contributed by atoms with van der Waals surface area (Å²) in [6.07, 6.45) is 1.31. The molecular weight excluding hydrogens is 421 g/mol. The fourth-order valence-electron chi connectivity index (χ4n) is 2.35. The van der Waals surface area contributed by atoms with E-state index in [4.69, 9.17) is 32.7 Å². The average molecular weight is 436 g/mol. The van der Waals surface area contributed by atoms with Crippen molar-refractivity contribution in [2.75, 3.05) is 19.0 Å². The Labute approximate surface area is 176 Å². The van der Waals surface area contributed by atoms with Crippen LogP contribution < -0.4 is 14.8 Å². The number of nitro groups is 1. The highest BCUT2D eigenvalue weighted by molar-refractivity contribution is 6.33. The number of carbonyl (C=O) groups is 1. The summed E-state index contributed by atoms with van der Waals surface area (Å²) in [6, 6.07) is 8.65. The van der Waals surface area contributed by atoms with Gasteiger partial charge in [0.05, 0.1) is 23.7 Å². The van der Waals surface area contributed by atoms with Gasteiger partial charge in [-0.15, -0.1) is 0 Å². The molecule has 0 fully saturated rings. The van der Waals surface area contributed by atoms with Crippen molar-refractivity contribution in [3.05, 3.63) is 61.6 Å². The number of hydrogen-bond acceptors (Lipinski definition) is 6. The first-order valence-electron chi connectivity index (χ1n) is 8.18. The minimum atomic E-state index is -0.756. The van der Waals surface area contributed by atoms with Crippen LogP contribution in [0.5, 0.6) is 11.5 Å². The summed E-state index contributed by atoms with van der Waals surface area (Å²) in [7, 11) is 1.44. The number of nitro benzene ring substituents is 1. The van der Waals surface area contributed by atoms with E-state index in [9.17, 15) is 20.2 Å². The van der Waals surface area contributed by atoms with E-state index in [0.29, 0.717) is 23.7 Å². The van der Waals surface area contributed by atoms with E-state index >= 15 is 0 Å². The van der Waals surface area contributed by atoms with Crippen LogP contribution in [0.4, 0.5) is 11.4 Å². The molecule has 2 aromatic carbocycles. The van der Waals surface area contributed by atoms with E-state index < -0.39 is 10.8 Å². The molecule has 29 heavy (non-hydrogen) atoms. The summed E-state index contributed by atoms with van der Waals surface area (Å²) in [4.78, 5) is 22.7. The van der Waals surface area contributed by atoms with Gasteiger partial charge in [-0.1, -0.05) is 23.2 Å². The lowest BCUT2D eigenvalue weighted by molar-refractivity contribution is -0.384. The molecule has 0 aromatic heterocycles. The number of benzene rings is 2. The van der Waals surface area contributed by atoms with Crippen LogP contribution in [0.1, 0.15) is 12.5 Å². The lowest BCUT2D eigenvalue weighted by Gasteiger charge is -2.12. The SMILES string of the molecule is CCOc1c(Cl)cc(/C=C(\C#N)C(=O)Nc2ccc(Cl)c([N+](=O)[O-])c2)cc1OC. The predicted molar refractivity (Wildman–Crippen MR) is 109 cm³/mol. The highest BCUT2D eigenvalue weighted by Crippen LogP contribution is 2.37. The number of methoxy groups -OCH3 is 1. The lowest BCUT2D eigenvalue weighted by Crippen LogP contribution is -2.13. The largest absolute Gasteiger partial charge is 0.493 e. The quantitative estimate of drug-likeness (QED) is 0.287. The zero-order chi connectivity index (χ0) is 21.6. The molecule has 10 heteroatoms. The van der Waals surface area contributed by atoms with E-state index in [1.165, 1.54) is 31.4 Å². The third-order valence-corrected chi connectivity index (χ3v) is 4.22. The van der Waals surface area contributed by atoms with Crippen molar-refractivity contribution in [2.45, 2.75) is 6.92 Å². The number of ether oxygens (including phenoxy) is 2. The Balaban J connectivity index is 2.34. The van der Waals surface area contributed by atoms with Crippen molar-refractivity contribution in [2.24, 2.45) is 0 Å². The fraction of sp³-hybridized carbons (Fsp3) is 0.158. The molecule has 0 heterocycles. The van der Waals surface area contributed by atoms with Gasteiger partial charge in [-0.25, -0.2) is 0 Å². The normalized spacial score (nSPS) is 10.8. The molecule has 0 saturated carbocycles. The molecular formula is C19H15Cl2N3O5. The van der Waals surface area contributed by atoms with Gasteiger partial charge in [0, 0.05) is 11.8 Å². The van der Waals surface area contributed by atoms with Crippen LogP contribution in [0.2, 0.25) is 10.0 Å². The number of hydrogen-bond donors (Lipinski definition) is 1. The Morgan fingerprint density at radius 1 is 1.31 bits per heavy atom. The maximum atomic E-state index is 12.4. The predicted octanol–water partition coefficient (Wildman–Crippen LogP) is 4.85. The Morgan fingerprint density at radius 3 is 2.62 bits per heavy atom. The number of anilines is 1. The number of nitriles is 1. The molecule has 1 N–H and O–H groups in total. The third kappa shape index (κ3) is 5.38. The van der Waals surface area contributed by atoms with Crippen LogP contribution >= 0.6 is 23.2 Å². The monoisotopic (exact) mass is 435 g/mol. The summed E-state index contributed by atoms with van der Waals surface area (Å²) in [5.41, 5.74) is -0.0569. The van der Waals surface area contributed by atoms with E-state index in [1.807, 2.05) is 0 Å². The number of nitrogens with zero attached hydrogens (tertiary/aromatic N) is 2. The zero-order valence-corrected chi connectivity index (χ0v) is 16.9. The molecule has 0 bridgehead atoms. The van der Waals surface area contributed by atoms with Crippen LogP contribution in [0.15, 0.2) is 35.9 Å². The Hall–Kier alpha value is -3.28. The number of carbonyl (C=O) groups excluding carboxylic acids is 1. The molecule has 2 rings (SSSR count). The van der Waals surface area contributed by atoms with Crippen molar-refractivity contribution in [1.82, 2.24) is 0 Å². The van der Waals surface area contributed by atoms with Crippen molar-refractivity contribution in [1.29, 1.82) is 5.26 Å². The van der Waals surface area contributed by atoms with Gasteiger partial charge in [0.2, 0.25) is 0 Å². The van der Waals surface area contributed by atoms with Crippen molar-refractivity contribution >= 4 is 46.6 Å². The number of amides is 1. The lowest BCUT2D eigenvalue weighted by atomic mass is 10.1. The highest BCUT2D eigenvalue weighted by Gasteiger charge is 2.17. The second-order valence-corrected chi connectivity index (χ2v) is 6.33. The van der Waals surface area contributed by atoms with Crippen LogP contribution in [0, 0.1) is 21.4 Å². The van der Waals surface area contributed by atoms with Gasteiger partial charge >= 0.3 is 0 Å². The summed E-state index contributed by atoms with van der Waals surface area (Å²) in [6.45, 7) is 2.17. The van der Waals surface area contributed by atoms with Gasteiger partial charge in [0.1, 0.15) is 16.7 Å². The van der Waals surface area contributed by atoms with Gasteiger partial charge in [-0.05, 0) is 42.8 Å². The highest BCUT2D eigenvalue weighted by atomic mass is 35.5. The molecule has 0 aliphatic carbocycles. The maximum absolute atomic E-state index is 12.4. The Morgan fingerprint density at radius 2 is 2.03 bits per heavy atom. The van der Waals surface area contributed by atoms with Crippen molar-refractivity contribution in [3.63, 3.8) is 0 Å². The van der Waals surface area contributed by atoms with E-state index in [1.54, 1.807) is 19.1 Å². The van der Waals surface area contributed by atoms with E-state index in [-0.39, 0.29) is 27.0 Å². The number of rotatable bonds is 7. The second-order valence-electron chi connectivity index (χ2n) is 5.51. The molecule has 0 aliphatic heterocycles. The topological polar surface area (TPSA) is 114 Å². The first-order chi connectivity index (χ1) is 13.8. The standard InChI is InChI=1S/C19H15Cl2N3O5/c1-3-29-18-15(21)7-11(8-17(18)28-2)6-12(10-22)19(25)23-13-4-5-14(20)16(9-13)24(26)27/h4-9H,3H2,1-2H3,(H,23,25)/b12-6+. The zero-order valence-electron chi connectivity index (χ0n) is 15.4. The molecule has 1 amide bonds. The average Bonchev–Trinajstić information content (AvgIpc) is 2.68. The second kappa shape index (κ2) is 9.78. The molecule has 0 unspecified atom stereocenters. The van der Waals surface area contributed by atoms with E-state index in [0.717, 1.165) is 6.07 Å².